The molecule has 4 nitrogen and oxygen atoms in total. The zero-order chi connectivity index (χ0) is 13.4. The van der Waals surface area contributed by atoms with Crippen LogP contribution in [0.25, 0.3) is 10.1 Å². The highest BCUT2D eigenvalue weighted by atomic mass is 35.5. The van der Waals surface area contributed by atoms with Crippen molar-refractivity contribution in [2.24, 2.45) is 0 Å². The van der Waals surface area contributed by atoms with Crippen molar-refractivity contribution in [1.82, 2.24) is 10.2 Å². The molecule has 2 aromatic heterocycles. The zero-order valence-electron chi connectivity index (χ0n) is 9.18. The average molecular weight is 314 g/mol. The van der Waals surface area contributed by atoms with E-state index in [1.54, 1.807) is 6.07 Å². The number of thiophene rings is 1. The number of nitrogens with one attached hydrogen (secondary N) is 1. The third-order valence-electron chi connectivity index (χ3n) is 2.38. The zero-order valence-corrected chi connectivity index (χ0v) is 11.6. The van der Waals surface area contributed by atoms with Crippen LogP contribution in [0.15, 0.2) is 23.7 Å². The van der Waals surface area contributed by atoms with Crippen molar-refractivity contribution in [3.05, 3.63) is 39.4 Å². The van der Waals surface area contributed by atoms with E-state index in [0.29, 0.717) is 25.1 Å². The van der Waals surface area contributed by atoms with Gasteiger partial charge in [0.2, 0.25) is 5.13 Å². The summed E-state index contributed by atoms with van der Waals surface area (Å²) in [5.41, 5.74) is 1.51. The first-order chi connectivity index (χ1) is 9.15. The van der Waals surface area contributed by atoms with Crippen molar-refractivity contribution < 1.29 is 9.18 Å². The smallest absolute Gasteiger partial charge is 0.269 e. The molecule has 1 aromatic carbocycles. The molecule has 0 bridgehead atoms. The van der Waals surface area contributed by atoms with Gasteiger partial charge in [0.25, 0.3) is 5.91 Å². The maximum Gasteiger partial charge on any atom is 0.269 e. The number of halogens is 2. The van der Waals surface area contributed by atoms with Gasteiger partial charge in [-0.05, 0) is 18.2 Å². The van der Waals surface area contributed by atoms with Gasteiger partial charge in [-0.3, -0.25) is 10.1 Å². The molecular formula is C11H5ClFN3OS2. The number of rotatable bonds is 2. The van der Waals surface area contributed by atoms with Crippen molar-refractivity contribution in [1.29, 1.82) is 0 Å². The molecule has 19 heavy (non-hydrogen) atoms. The fraction of sp³-hybridized carbons (Fsp3) is 0. The predicted molar refractivity (Wildman–Crippen MR) is 74.7 cm³/mol. The molecule has 2 heterocycles. The van der Waals surface area contributed by atoms with E-state index < -0.39 is 0 Å². The van der Waals surface area contributed by atoms with E-state index in [2.05, 4.69) is 15.5 Å². The van der Waals surface area contributed by atoms with E-state index in [1.165, 1.54) is 29.0 Å². The normalized spacial score (nSPS) is 10.8. The number of benzene rings is 1. The van der Waals surface area contributed by atoms with Gasteiger partial charge in [-0.15, -0.1) is 21.5 Å². The lowest BCUT2D eigenvalue weighted by atomic mass is 10.2. The molecular weight excluding hydrogens is 309 g/mol. The summed E-state index contributed by atoms with van der Waals surface area (Å²) in [6.45, 7) is 0. The van der Waals surface area contributed by atoms with Crippen LogP contribution in [0.1, 0.15) is 9.67 Å². The Hall–Kier alpha value is -1.57. The minimum Gasteiger partial charge on any atom is -0.296 e. The molecule has 96 valence electrons. The average Bonchev–Trinajstić information content (AvgIpc) is 2.97. The van der Waals surface area contributed by atoms with Gasteiger partial charge in [-0.25, -0.2) is 4.39 Å². The Bertz CT molecular complexity index is 757. The minimum atomic E-state index is -0.372. The van der Waals surface area contributed by atoms with Gasteiger partial charge in [0.1, 0.15) is 16.2 Å². The maximum absolute atomic E-state index is 13.1. The van der Waals surface area contributed by atoms with Gasteiger partial charge >= 0.3 is 0 Å². The Morgan fingerprint density at radius 2 is 2.26 bits per heavy atom. The standard InChI is InChI=1S/C11H5ClFN3OS2/c12-8-6-2-1-5(13)3-7(6)19-9(8)10(17)15-11-16-14-4-18-11/h1-4H,(H,15,16,17). The molecule has 0 radical (unpaired) electrons. The third kappa shape index (κ3) is 2.32. The lowest BCUT2D eigenvalue weighted by Gasteiger charge is -1.97. The summed E-state index contributed by atoms with van der Waals surface area (Å²) in [5.74, 6) is -0.732. The summed E-state index contributed by atoms with van der Waals surface area (Å²) >= 11 is 8.49. The Labute approximate surface area is 119 Å². The van der Waals surface area contributed by atoms with Crippen molar-refractivity contribution >= 4 is 55.4 Å². The summed E-state index contributed by atoms with van der Waals surface area (Å²) < 4.78 is 13.8. The molecule has 3 aromatic rings. The number of hydrogen-bond acceptors (Lipinski definition) is 5. The number of anilines is 1. The van der Waals surface area contributed by atoms with E-state index in [1.807, 2.05) is 0 Å². The van der Waals surface area contributed by atoms with Gasteiger partial charge in [0.05, 0.1) is 5.02 Å². The number of carbonyl (C=O) groups is 1. The summed E-state index contributed by atoms with van der Waals surface area (Å²) in [5, 5.41) is 11.3. The van der Waals surface area contributed by atoms with E-state index in [4.69, 9.17) is 11.6 Å². The number of hydrogen-bond donors (Lipinski definition) is 1. The summed E-state index contributed by atoms with van der Waals surface area (Å²) in [7, 11) is 0. The van der Waals surface area contributed by atoms with Crippen molar-refractivity contribution in [2.75, 3.05) is 5.32 Å². The highest BCUT2D eigenvalue weighted by Crippen LogP contribution is 2.36. The van der Waals surface area contributed by atoms with Crippen LogP contribution in [0.5, 0.6) is 0 Å². The minimum absolute atomic E-state index is 0.321. The first-order valence-electron chi connectivity index (χ1n) is 5.10. The molecule has 0 spiro atoms. The van der Waals surface area contributed by atoms with Crippen LogP contribution in [0.3, 0.4) is 0 Å². The summed E-state index contributed by atoms with van der Waals surface area (Å²) in [4.78, 5) is 12.4. The maximum atomic E-state index is 13.1. The van der Waals surface area contributed by atoms with Gasteiger partial charge in [-0.1, -0.05) is 22.9 Å². The van der Waals surface area contributed by atoms with Gasteiger partial charge < -0.3 is 0 Å². The molecule has 0 saturated heterocycles. The molecule has 0 aliphatic heterocycles. The number of carbonyl (C=O) groups excluding carboxylic acids is 1. The Balaban J connectivity index is 2.00. The Morgan fingerprint density at radius 1 is 1.42 bits per heavy atom. The molecule has 0 unspecified atom stereocenters. The second-order valence-corrected chi connectivity index (χ2v) is 5.85. The first-order valence-corrected chi connectivity index (χ1v) is 7.17. The first kappa shape index (κ1) is 12.5. The lowest BCUT2D eigenvalue weighted by molar-refractivity contribution is 0.103. The fourth-order valence-corrected chi connectivity index (χ4v) is 3.44. The largest absolute Gasteiger partial charge is 0.296 e. The van der Waals surface area contributed by atoms with E-state index in [-0.39, 0.29) is 11.7 Å². The van der Waals surface area contributed by atoms with E-state index in [0.717, 1.165) is 11.3 Å². The van der Waals surface area contributed by atoms with Crippen molar-refractivity contribution in [3.8, 4) is 0 Å². The number of aromatic nitrogens is 2. The number of fused-ring (bicyclic) bond motifs is 1. The molecule has 0 aliphatic carbocycles. The second kappa shape index (κ2) is 4.84. The van der Waals surface area contributed by atoms with Crippen LogP contribution in [0, 0.1) is 5.82 Å². The summed E-state index contributed by atoms with van der Waals surface area (Å²) in [6, 6.07) is 4.23. The second-order valence-electron chi connectivity index (χ2n) is 3.58. The van der Waals surface area contributed by atoms with Crippen LogP contribution < -0.4 is 5.32 Å². The Morgan fingerprint density at radius 3 is 3.00 bits per heavy atom. The highest BCUT2D eigenvalue weighted by molar-refractivity contribution is 7.21. The fourth-order valence-electron chi connectivity index (χ4n) is 1.57. The monoisotopic (exact) mass is 313 g/mol. The quantitative estimate of drug-likeness (QED) is 0.783. The Kier molecular flexibility index (Phi) is 3.17. The molecule has 0 fully saturated rings. The third-order valence-corrected chi connectivity index (χ3v) is 4.64. The van der Waals surface area contributed by atoms with Gasteiger partial charge in [0.15, 0.2) is 0 Å². The van der Waals surface area contributed by atoms with E-state index >= 15 is 0 Å². The molecule has 0 aliphatic rings. The molecule has 0 atom stereocenters. The lowest BCUT2D eigenvalue weighted by Crippen LogP contribution is -2.10. The number of nitrogens with zero attached hydrogens (tertiary/aromatic N) is 2. The summed E-state index contributed by atoms with van der Waals surface area (Å²) in [6.07, 6.45) is 0. The van der Waals surface area contributed by atoms with Crippen LogP contribution >= 0.6 is 34.3 Å². The van der Waals surface area contributed by atoms with Crippen molar-refractivity contribution in [3.63, 3.8) is 0 Å². The SMILES string of the molecule is O=C(Nc1nncs1)c1sc2cc(F)ccc2c1Cl. The molecule has 1 N–H and O–H groups in total. The highest BCUT2D eigenvalue weighted by Gasteiger charge is 2.18. The molecule has 0 saturated carbocycles. The van der Waals surface area contributed by atoms with Crippen molar-refractivity contribution in [2.45, 2.75) is 0 Å². The van der Waals surface area contributed by atoms with Gasteiger partial charge in [-0.2, -0.15) is 0 Å². The van der Waals surface area contributed by atoms with E-state index in [9.17, 15) is 9.18 Å². The van der Waals surface area contributed by atoms with Crippen LogP contribution in [-0.4, -0.2) is 16.1 Å². The topological polar surface area (TPSA) is 54.9 Å². The van der Waals surface area contributed by atoms with Gasteiger partial charge in [0, 0.05) is 10.1 Å². The number of amides is 1. The van der Waals surface area contributed by atoms with Crippen LogP contribution in [-0.2, 0) is 0 Å². The predicted octanol–water partition coefficient (Wildman–Crippen LogP) is 3.80. The van der Waals surface area contributed by atoms with Crippen LogP contribution in [0.2, 0.25) is 5.02 Å². The van der Waals surface area contributed by atoms with Crippen LogP contribution in [0.4, 0.5) is 9.52 Å². The molecule has 1 amide bonds. The molecule has 8 heteroatoms. The molecule has 3 rings (SSSR count).